The largest absolute Gasteiger partial charge is 0.387 e. The van der Waals surface area contributed by atoms with Crippen LogP contribution in [-0.2, 0) is 4.79 Å². The van der Waals surface area contributed by atoms with Crippen LogP contribution in [0.25, 0.3) is 0 Å². The van der Waals surface area contributed by atoms with Crippen molar-refractivity contribution >= 4 is 40.6 Å². The van der Waals surface area contributed by atoms with Crippen LogP contribution in [0, 0.1) is 0 Å². The lowest BCUT2D eigenvalue weighted by atomic mass is 10.1. The van der Waals surface area contributed by atoms with Crippen LogP contribution in [0.1, 0.15) is 24.6 Å². The van der Waals surface area contributed by atoms with E-state index < -0.39 is 5.60 Å². The fourth-order valence-electron chi connectivity index (χ4n) is 1.48. The minimum absolute atomic E-state index is 0.0881. The number of carbonyl (C=O) groups is 1. The summed E-state index contributed by atoms with van der Waals surface area (Å²) in [6.07, 6.45) is 1.92. The van der Waals surface area contributed by atoms with Gasteiger partial charge in [0, 0.05) is 17.2 Å². The van der Waals surface area contributed by atoms with Gasteiger partial charge in [0.2, 0.25) is 5.91 Å². The van der Waals surface area contributed by atoms with E-state index in [1.807, 2.05) is 19.2 Å². The summed E-state index contributed by atoms with van der Waals surface area (Å²) in [5, 5.41) is 12.7. The first-order chi connectivity index (χ1) is 8.35. The Morgan fingerprint density at radius 2 is 2.33 bits per heavy atom. The van der Waals surface area contributed by atoms with Crippen LogP contribution in [0.4, 0.5) is 0 Å². The van der Waals surface area contributed by atoms with Crippen LogP contribution >= 0.6 is 34.7 Å². The maximum absolute atomic E-state index is 11.9. The first kappa shape index (κ1) is 15.8. The number of hydrogen-bond acceptors (Lipinski definition) is 4. The number of thiophene rings is 1. The van der Waals surface area contributed by atoms with Crippen LogP contribution in [0.5, 0.6) is 0 Å². The Kier molecular flexibility index (Phi) is 5.98. The molecule has 1 amide bonds. The van der Waals surface area contributed by atoms with Crippen molar-refractivity contribution in [2.24, 2.45) is 0 Å². The first-order valence-corrected chi connectivity index (χ1v) is 8.19. The van der Waals surface area contributed by atoms with Gasteiger partial charge >= 0.3 is 0 Å². The molecular formula is C12H18ClNO2S2. The van der Waals surface area contributed by atoms with Gasteiger partial charge in [-0.1, -0.05) is 11.6 Å². The van der Waals surface area contributed by atoms with Crippen LogP contribution in [0.3, 0.4) is 0 Å². The molecule has 1 aromatic rings. The third kappa shape index (κ3) is 4.80. The fraction of sp³-hybridized carbons (Fsp3) is 0.583. The second-order valence-corrected chi connectivity index (χ2v) is 7.12. The Bertz CT molecular complexity index is 407. The Labute approximate surface area is 121 Å². The third-order valence-corrected chi connectivity index (χ3v) is 4.84. The van der Waals surface area contributed by atoms with E-state index in [2.05, 4.69) is 5.32 Å². The number of thioether (sulfide) groups is 1. The highest BCUT2D eigenvalue weighted by Crippen LogP contribution is 2.28. The van der Waals surface area contributed by atoms with Crippen molar-refractivity contribution < 1.29 is 9.90 Å². The highest BCUT2D eigenvalue weighted by molar-refractivity contribution is 7.98. The summed E-state index contributed by atoms with van der Waals surface area (Å²) < 4.78 is 0.680. The van der Waals surface area contributed by atoms with Gasteiger partial charge in [0.25, 0.3) is 0 Å². The first-order valence-electron chi connectivity index (χ1n) is 5.60. The minimum Gasteiger partial charge on any atom is -0.387 e. The molecule has 0 spiro atoms. The van der Waals surface area contributed by atoms with Crippen molar-refractivity contribution in [3.63, 3.8) is 0 Å². The summed E-state index contributed by atoms with van der Waals surface area (Å²) in [7, 11) is 0. The van der Waals surface area contributed by atoms with E-state index in [4.69, 9.17) is 11.6 Å². The monoisotopic (exact) mass is 307 g/mol. The molecule has 3 nitrogen and oxygen atoms in total. The SMILES string of the molecule is CSCC(C)(O)CNC(=O)C(C)c1ccc(Cl)s1. The zero-order chi connectivity index (χ0) is 13.8. The molecule has 0 aliphatic rings. The van der Waals surface area contributed by atoms with Crippen molar-refractivity contribution in [2.75, 3.05) is 18.6 Å². The number of rotatable bonds is 6. The van der Waals surface area contributed by atoms with Gasteiger partial charge in [-0.2, -0.15) is 11.8 Å². The topological polar surface area (TPSA) is 49.3 Å². The van der Waals surface area contributed by atoms with Crippen molar-refractivity contribution in [3.05, 3.63) is 21.3 Å². The maximum Gasteiger partial charge on any atom is 0.228 e. The molecule has 2 atom stereocenters. The molecule has 0 aliphatic carbocycles. The molecule has 1 heterocycles. The molecule has 2 N–H and O–H groups in total. The van der Waals surface area contributed by atoms with Crippen LogP contribution in [0.2, 0.25) is 4.34 Å². The van der Waals surface area contributed by atoms with Gasteiger partial charge in [0.1, 0.15) is 0 Å². The number of aliphatic hydroxyl groups is 1. The molecule has 18 heavy (non-hydrogen) atoms. The van der Waals surface area contributed by atoms with Crippen molar-refractivity contribution in [3.8, 4) is 0 Å². The molecule has 0 fully saturated rings. The quantitative estimate of drug-likeness (QED) is 0.849. The van der Waals surface area contributed by atoms with Gasteiger partial charge in [0.15, 0.2) is 0 Å². The van der Waals surface area contributed by atoms with E-state index >= 15 is 0 Å². The van der Waals surface area contributed by atoms with E-state index in [1.54, 1.807) is 24.8 Å². The lowest BCUT2D eigenvalue weighted by Gasteiger charge is -2.23. The molecular weight excluding hydrogens is 290 g/mol. The summed E-state index contributed by atoms with van der Waals surface area (Å²) in [6.45, 7) is 3.81. The summed E-state index contributed by atoms with van der Waals surface area (Å²) in [6, 6.07) is 3.65. The number of nitrogens with one attached hydrogen (secondary N) is 1. The standard InChI is InChI=1S/C12H18ClNO2S2/c1-8(9-4-5-10(13)18-9)11(15)14-6-12(2,16)7-17-3/h4-5,8,16H,6-7H2,1-3H3,(H,14,15). The van der Waals surface area contributed by atoms with Gasteiger partial charge in [-0.05, 0) is 32.2 Å². The number of hydrogen-bond donors (Lipinski definition) is 2. The van der Waals surface area contributed by atoms with Gasteiger partial charge in [-0.25, -0.2) is 0 Å². The molecule has 0 bridgehead atoms. The number of amides is 1. The second kappa shape index (κ2) is 6.80. The Morgan fingerprint density at radius 1 is 1.67 bits per heavy atom. The summed E-state index contributed by atoms with van der Waals surface area (Å²) in [4.78, 5) is 12.9. The fourth-order valence-corrected chi connectivity index (χ4v) is 3.32. The molecule has 0 radical (unpaired) electrons. The van der Waals surface area contributed by atoms with Gasteiger partial charge < -0.3 is 10.4 Å². The van der Waals surface area contributed by atoms with E-state index in [0.717, 1.165) is 4.88 Å². The Balaban J connectivity index is 2.51. The van der Waals surface area contributed by atoms with Crippen LogP contribution < -0.4 is 5.32 Å². The second-order valence-electron chi connectivity index (χ2n) is 4.51. The molecule has 2 unspecified atom stereocenters. The summed E-state index contributed by atoms with van der Waals surface area (Å²) in [5.41, 5.74) is -0.873. The maximum atomic E-state index is 11.9. The average molecular weight is 308 g/mol. The van der Waals surface area contributed by atoms with Crippen molar-refractivity contribution in [1.29, 1.82) is 0 Å². The highest BCUT2D eigenvalue weighted by Gasteiger charge is 2.23. The Morgan fingerprint density at radius 3 is 2.83 bits per heavy atom. The molecule has 0 aliphatic heterocycles. The smallest absolute Gasteiger partial charge is 0.228 e. The number of carbonyl (C=O) groups excluding carboxylic acids is 1. The van der Waals surface area contributed by atoms with E-state index in [9.17, 15) is 9.90 Å². The lowest BCUT2D eigenvalue weighted by Crippen LogP contribution is -2.43. The molecule has 1 rings (SSSR count). The molecule has 0 saturated heterocycles. The predicted octanol–water partition coefficient (Wildman–Crippen LogP) is 2.74. The van der Waals surface area contributed by atoms with Crippen molar-refractivity contribution in [2.45, 2.75) is 25.4 Å². The molecule has 1 aromatic heterocycles. The van der Waals surface area contributed by atoms with Gasteiger partial charge in [0.05, 0.1) is 15.9 Å². The Hall–Kier alpha value is -0.230. The van der Waals surface area contributed by atoms with Gasteiger partial charge in [-0.3, -0.25) is 4.79 Å². The highest BCUT2D eigenvalue weighted by atomic mass is 35.5. The average Bonchev–Trinajstić information content (AvgIpc) is 2.72. The van der Waals surface area contributed by atoms with Gasteiger partial charge in [-0.15, -0.1) is 11.3 Å². The van der Waals surface area contributed by atoms with Crippen molar-refractivity contribution in [1.82, 2.24) is 5.32 Å². The molecule has 0 saturated carbocycles. The number of halogens is 1. The zero-order valence-electron chi connectivity index (χ0n) is 10.7. The zero-order valence-corrected chi connectivity index (χ0v) is 13.1. The van der Waals surface area contributed by atoms with Crippen LogP contribution in [0.15, 0.2) is 12.1 Å². The summed E-state index contributed by atoms with van der Waals surface area (Å²) >= 11 is 8.80. The summed E-state index contributed by atoms with van der Waals surface area (Å²) in [5.74, 6) is 0.259. The van der Waals surface area contributed by atoms with E-state index in [-0.39, 0.29) is 18.4 Å². The molecule has 102 valence electrons. The predicted molar refractivity (Wildman–Crippen MR) is 79.8 cm³/mol. The van der Waals surface area contributed by atoms with E-state index in [0.29, 0.717) is 10.1 Å². The lowest BCUT2D eigenvalue weighted by molar-refractivity contribution is -0.123. The van der Waals surface area contributed by atoms with E-state index in [1.165, 1.54) is 11.3 Å². The molecule has 6 heteroatoms. The third-order valence-electron chi connectivity index (χ3n) is 2.51. The normalized spacial score (nSPS) is 16.1. The van der Waals surface area contributed by atoms with Crippen LogP contribution in [-0.4, -0.2) is 35.2 Å². The minimum atomic E-state index is -0.873. The molecule has 0 aromatic carbocycles.